The Morgan fingerprint density at radius 1 is 1.19 bits per heavy atom. The predicted octanol–water partition coefficient (Wildman–Crippen LogP) is 2.72. The van der Waals surface area contributed by atoms with Gasteiger partial charge in [-0.25, -0.2) is 0 Å². The molecule has 2 rings (SSSR count). The minimum Gasteiger partial charge on any atom is -0.494 e. The second-order valence-electron chi connectivity index (χ2n) is 4.39. The molecule has 1 saturated heterocycles. The van der Waals surface area contributed by atoms with Crippen molar-refractivity contribution < 1.29 is 4.74 Å². The Bertz CT molecular complexity index is 303. The highest BCUT2D eigenvalue weighted by Crippen LogP contribution is 2.13. The lowest BCUT2D eigenvalue weighted by molar-refractivity contribution is 0.165. The molecular weight excluding hydrogens is 198 g/mol. The fourth-order valence-corrected chi connectivity index (χ4v) is 1.90. The zero-order valence-electron chi connectivity index (χ0n) is 10.1. The highest BCUT2D eigenvalue weighted by molar-refractivity contribution is 5.27. The maximum atomic E-state index is 5.70. The summed E-state index contributed by atoms with van der Waals surface area (Å²) in [5, 5.41) is 0. The van der Waals surface area contributed by atoms with E-state index in [-0.39, 0.29) is 0 Å². The summed E-state index contributed by atoms with van der Waals surface area (Å²) in [6.07, 6.45) is 3.60. The van der Waals surface area contributed by atoms with Gasteiger partial charge in [0.25, 0.3) is 0 Å². The van der Waals surface area contributed by atoms with E-state index in [1.54, 1.807) is 0 Å². The van der Waals surface area contributed by atoms with Crippen molar-refractivity contribution in [1.82, 2.24) is 4.90 Å². The van der Waals surface area contributed by atoms with Gasteiger partial charge in [-0.1, -0.05) is 19.1 Å². The van der Waals surface area contributed by atoms with Gasteiger partial charge in [-0.2, -0.15) is 0 Å². The molecule has 0 aliphatic carbocycles. The molecule has 0 unspecified atom stereocenters. The molecule has 1 fully saturated rings. The van der Waals surface area contributed by atoms with Gasteiger partial charge in [0.15, 0.2) is 0 Å². The molecule has 16 heavy (non-hydrogen) atoms. The largest absolute Gasteiger partial charge is 0.494 e. The summed E-state index contributed by atoms with van der Waals surface area (Å²) in [5.41, 5.74) is 1.37. The number of hydrogen-bond donors (Lipinski definition) is 0. The molecule has 2 nitrogen and oxygen atoms in total. The fraction of sp³-hybridized carbons (Fsp3) is 0.571. The predicted molar refractivity (Wildman–Crippen MR) is 67.0 cm³/mol. The SMILES string of the molecule is CCc1ccc(OCCCN2CCC2)cc1. The van der Waals surface area contributed by atoms with Gasteiger partial charge in [0, 0.05) is 6.54 Å². The van der Waals surface area contributed by atoms with Gasteiger partial charge >= 0.3 is 0 Å². The van der Waals surface area contributed by atoms with Crippen LogP contribution in [0.3, 0.4) is 0 Å². The minimum atomic E-state index is 0.835. The van der Waals surface area contributed by atoms with Gasteiger partial charge in [-0.3, -0.25) is 0 Å². The molecule has 0 radical (unpaired) electrons. The Labute approximate surface area is 98.2 Å². The number of hydrogen-bond acceptors (Lipinski definition) is 2. The number of likely N-dealkylation sites (tertiary alicyclic amines) is 1. The average Bonchev–Trinajstić information content (AvgIpc) is 2.27. The van der Waals surface area contributed by atoms with Crippen LogP contribution in [0.2, 0.25) is 0 Å². The van der Waals surface area contributed by atoms with Gasteiger partial charge < -0.3 is 9.64 Å². The minimum absolute atomic E-state index is 0.835. The molecule has 1 aliphatic rings. The van der Waals surface area contributed by atoms with Crippen molar-refractivity contribution in [2.75, 3.05) is 26.2 Å². The zero-order valence-corrected chi connectivity index (χ0v) is 10.1. The maximum Gasteiger partial charge on any atom is 0.119 e. The molecule has 88 valence electrons. The van der Waals surface area contributed by atoms with Crippen LogP contribution in [0.25, 0.3) is 0 Å². The number of nitrogens with zero attached hydrogens (tertiary/aromatic N) is 1. The number of aryl methyl sites for hydroxylation is 1. The standard InChI is InChI=1S/C14H21NO/c1-2-13-5-7-14(8-6-13)16-12-4-11-15-9-3-10-15/h5-8H,2-4,9-12H2,1H3. The van der Waals surface area contributed by atoms with Crippen LogP contribution < -0.4 is 4.74 Å². The summed E-state index contributed by atoms with van der Waals surface area (Å²) in [6.45, 7) is 6.76. The van der Waals surface area contributed by atoms with E-state index >= 15 is 0 Å². The van der Waals surface area contributed by atoms with E-state index in [2.05, 4.69) is 36.1 Å². The molecule has 0 bridgehead atoms. The lowest BCUT2D eigenvalue weighted by Crippen LogP contribution is -2.38. The Morgan fingerprint density at radius 3 is 2.50 bits per heavy atom. The van der Waals surface area contributed by atoms with E-state index in [1.165, 1.54) is 31.6 Å². The summed E-state index contributed by atoms with van der Waals surface area (Å²) < 4.78 is 5.70. The van der Waals surface area contributed by atoms with Crippen molar-refractivity contribution in [2.45, 2.75) is 26.2 Å². The average molecular weight is 219 g/mol. The Morgan fingerprint density at radius 2 is 1.94 bits per heavy atom. The van der Waals surface area contributed by atoms with Crippen LogP contribution in [0.5, 0.6) is 5.75 Å². The van der Waals surface area contributed by atoms with Gasteiger partial charge in [-0.05, 0) is 50.0 Å². The third-order valence-electron chi connectivity index (χ3n) is 3.17. The van der Waals surface area contributed by atoms with Crippen molar-refractivity contribution >= 4 is 0 Å². The van der Waals surface area contributed by atoms with Crippen molar-refractivity contribution in [1.29, 1.82) is 0 Å². The van der Waals surface area contributed by atoms with E-state index in [4.69, 9.17) is 4.74 Å². The zero-order chi connectivity index (χ0) is 11.2. The third kappa shape index (κ3) is 3.24. The first-order valence-corrected chi connectivity index (χ1v) is 6.32. The van der Waals surface area contributed by atoms with Crippen molar-refractivity contribution in [3.8, 4) is 5.75 Å². The van der Waals surface area contributed by atoms with Crippen LogP contribution in [0, 0.1) is 0 Å². The van der Waals surface area contributed by atoms with Gasteiger partial charge in [-0.15, -0.1) is 0 Å². The summed E-state index contributed by atoms with van der Waals surface area (Å²) >= 11 is 0. The monoisotopic (exact) mass is 219 g/mol. The third-order valence-corrected chi connectivity index (χ3v) is 3.17. The number of rotatable bonds is 6. The molecule has 0 amide bonds. The molecular formula is C14H21NO. The molecule has 0 aromatic heterocycles. The highest BCUT2D eigenvalue weighted by atomic mass is 16.5. The first kappa shape index (κ1) is 11.5. The Balaban J connectivity index is 1.64. The molecule has 0 atom stereocenters. The first-order chi connectivity index (χ1) is 7.88. The van der Waals surface area contributed by atoms with E-state index in [0.29, 0.717) is 0 Å². The summed E-state index contributed by atoms with van der Waals surface area (Å²) in [5.74, 6) is 1.00. The van der Waals surface area contributed by atoms with Crippen molar-refractivity contribution in [3.63, 3.8) is 0 Å². The van der Waals surface area contributed by atoms with Gasteiger partial charge in [0.05, 0.1) is 6.61 Å². The van der Waals surface area contributed by atoms with E-state index < -0.39 is 0 Å². The summed E-state index contributed by atoms with van der Waals surface area (Å²) in [6, 6.07) is 8.43. The molecule has 0 N–H and O–H groups in total. The maximum absolute atomic E-state index is 5.70. The lowest BCUT2D eigenvalue weighted by Gasteiger charge is -2.30. The summed E-state index contributed by atoms with van der Waals surface area (Å²) in [4.78, 5) is 2.48. The molecule has 0 saturated carbocycles. The molecule has 2 heteroatoms. The molecule has 1 heterocycles. The summed E-state index contributed by atoms with van der Waals surface area (Å²) in [7, 11) is 0. The van der Waals surface area contributed by atoms with Crippen molar-refractivity contribution in [3.05, 3.63) is 29.8 Å². The van der Waals surface area contributed by atoms with E-state index in [1.807, 2.05) is 0 Å². The lowest BCUT2D eigenvalue weighted by atomic mass is 10.2. The van der Waals surface area contributed by atoms with Crippen molar-refractivity contribution in [2.24, 2.45) is 0 Å². The van der Waals surface area contributed by atoms with Crippen LogP contribution in [0.15, 0.2) is 24.3 Å². The van der Waals surface area contributed by atoms with Crippen LogP contribution in [0.1, 0.15) is 25.3 Å². The smallest absolute Gasteiger partial charge is 0.119 e. The Kier molecular flexibility index (Phi) is 4.23. The molecule has 0 spiro atoms. The second kappa shape index (κ2) is 5.90. The molecule has 1 aromatic rings. The highest BCUT2D eigenvalue weighted by Gasteiger charge is 2.12. The fourth-order valence-electron chi connectivity index (χ4n) is 1.90. The van der Waals surface area contributed by atoms with Gasteiger partial charge in [0.1, 0.15) is 5.75 Å². The topological polar surface area (TPSA) is 12.5 Å². The van der Waals surface area contributed by atoms with Gasteiger partial charge in [0.2, 0.25) is 0 Å². The number of ether oxygens (including phenoxy) is 1. The number of benzene rings is 1. The van der Waals surface area contributed by atoms with Crippen LogP contribution in [-0.4, -0.2) is 31.1 Å². The van der Waals surface area contributed by atoms with Crippen LogP contribution in [-0.2, 0) is 6.42 Å². The van der Waals surface area contributed by atoms with Crippen LogP contribution in [0.4, 0.5) is 0 Å². The Hall–Kier alpha value is -1.02. The second-order valence-corrected chi connectivity index (χ2v) is 4.39. The van der Waals surface area contributed by atoms with Crippen LogP contribution >= 0.6 is 0 Å². The first-order valence-electron chi connectivity index (χ1n) is 6.32. The quantitative estimate of drug-likeness (QED) is 0.682. The normalized spacial score (nSPS) is 15.8. The molecule has 1 aromatic carbocycles. The van der Waals surface area contributed by atoms with E-state index in [0.717, 1.165) is 25.2 Å². The van der Waals surface area contributed by atoms with E-state index in [9.17, 15) is 0 Å². The molecule has 1 aliphatic heterocycles.